The molecule has 0 N–H and O–H groups in total. The summed E-state index contributed by atoms with van der Waals surface area (Å²) in [5, 5.41) is 0. The van der Waals surface area contributed by atoms with Crippen molar-refractivity contribution in [2.24, 2.45) is 0 Å². The first-order chi connectivity index (χ1) is 10.7. The topological polar surface area (TPSA) is 12.5 Å². The summed E-state index contributed by atoms with van der Waals surface area (Å²) in [6.45, 7) is 4.29. The van der Waals surface area contributed by atoms with Crippen LogP contribution in [0.1, 0.15) is 31.7 Å². The molecule has 0 bridgehead atoms. The van der Waals surface area contributed by atoms with Crippen molar-refractivity contribution < 1.29 is 4.74 Å². The van der Waals surface area contributed by atoms with E-state index < -0.39 is 0 Å². The Labute approximate surface area is 147 Å². The van der Waals surface area contributed by atoms with Crippen molar-refractivity contribution >= 4 is 28.3 Å². The number of benzene rings is 2. The highest BCUT2D eigenvalue weighted by Crippen LogP contribution is 2.21. The number of anilines is 1. The van der Waals surface area contributed by atoms with Crippen molar-refractivity contribution in [3.05, 3.63) is 57.7 Å². The van der Waals surface area contributed by atoms with Crippen LogP contribution >= 0.6 is 22.6 Å². The maximum Gasteiger partial charge on any atom is 0.118 e. The highest BCUT2D eigenvalue weighted by Gasteiger charge is 2.07. The SMILES string of the molecule is CCCCCN(Cc1ccc(OC)cc1)c1ccc(I)cc1. The van der Waals surface area contributed by atoms with Gasteiger partial charge in [0.25, 0.3) is 0 Å². The fraction of sp³-hybridized carbons (Fsp3) is 0.368. The maximum atomic E-state index is 5.24. The fourth-order valence-electron chi connectivity index (χ4n) is 2.46. The third kappa shape index (κ3) is 5.20. The number of nitrogens with zero attached hydrogens (tertiary/aromatic N) is 1. The first-order valence-electron chi connectivity index (χ1n) is 7.86. The van der Waals surface area contributed by atoms with Crippen molar-refractivity contribution in [1.29, 1.82) is 0 Å². The van der Waals surface area contributed by atoms with Crippen LogP contribution in [0.25, 0.3) is 0 Å². The van der Waals surface area contributed by atoms with Gasteiger partial charge in [0.15, 0.2) is 0 Å². The van der Waals surface area contributed by atoms with E-state index in [4.69, 9.17) is 4.74 Å². The van der Waals surface area contributed by atoms with Crippen molar-refractivity contribution in [3.8, 4) is 5.75 Å². The Hall–Kier alpha value is -1.23. The van der Waals surface area contributed by atoms with Gasteiger partial charge in [0, 0.05) is 22.3 Å². The summed E-state index contributed by atoms with van der Waals surface area (Å²) in [4.78, 5) is 2.47. The molecular formula is C19H24INO. The highest BCUT2D eigenvalue weighted by molar-refractivity contribution is 14.1. The molecule has 0 aromatic heterocycles. The van der Waals surface area contributed by atoms with Crippen LogP contribution in [0.4, 0.5) is 5.69 Å². The zero-order chi connectivity index (χ0) is 15.8. The maximum absolute atomic E-state index is 5.24. The van der Waals surface area contributed by atoms with E-state index in [0.717, 1.165) is 18.8 Å². The predicted molar refractivity (Wildman–Crippen MR) is 103 cm³/mol. The fourth-order valence-corrected chi connectivity index (χ4v) is 2.81. The predicted octanol–water partition coefficient (Wildman–Crippen LogP) is 5.50. The van der Waals surface area contributed by atoms with E-state index >= 15 is 0 Å². The number of unbranched alkanes of at least 4 members (excludes halogenated alkanes) is 2. The molecule has 0 fully saturated rings. The molecule has 0 aliphatic heterocycles. The van der Waals surface area contributed by atoms with Crippen molar-refractivity contribution in [2.45, 2.75) is 32.7 Å². The van der Waals surface area contributed by atoms with Gasteiger partial charge in [-0.05, 0) is 71.0 Å². The average Bonchev–Trinajstić information content (AvgIpc) is 2.55. The summed E-state index contributed by atoms with van der Waals surface area (Å²) in [7, 11) is 1.71. The number of ether oxygens (including phenoxy) is 1. The van der Waals surface area contributed by atoms with Gasteiger partial charge in [0.05, 0.1) is 7.11 Å². The lowest BCUT2D eigenvalue weighted by Crippen LogP contribution is -2.23. The second-order valence-electron chi connectivity index (χ2n) is 5.45. The Bertz CT molecular complexity index is 551. The largest absolute Gasteiger partial charge is 0.497 e. The summed E-state index contributed by atoms with van der Waals surface area (Å²) < 4.78 is 6.51. The van der Waals surface area contributed by atoms with Crippen LogP contribution in [-0.4, -0.2) is 13.7 Å². The minimum absolute atomic E-state index is 0.913. The molecule has 2 nitrogen and oxygen atoms in total. The minimum Gasteiger partial charge on any atom is -0.497 e. The average molecular weight is 409 g/mol. The van der Waals surface area contributed by atoms with Crippen LogP contribution in [0.5, 0.6) is 5.75 Å². The molecule has 2 rings (SSSR count). The molecule has 3 heteroatoms. The second-order valence-corrected chi connectivity index (χ2v) is 6.70. The van der Waals surface area contributed by atoms with E-state index in [1.165, 1.54) is 34.1 Å². The molecule has 0 saturated carbocycles. The Kier molecular flexibility index (Phi) is 7.03. The summed E-state index contributed by atoms with van der Waals surface area (Å²) >= 11 is 2.35. The molecule has 0 saturated heterocycles. The first-order valence-corrected chi connectivity index (χ1v) is 8.94. The van der Waals surface area contributed by atoms with Gasteiger partial charge < -0.3 is 9.64 Å². The van der Waals surface area contributed by atoms with Crippen LogP contribution in [-0.2, 0) is 6.54 Å². The number of halogens is 1. The lowest BCUT2D eigenvalue weighted by Gasteiger charge is -2.25. The van der Waals surface area contributed by atoms with Gasteiger partial charge in [-0.15, -0.1) is 0 Å². The van der Waals surface area contributed by atoms with Crippen LogP contribution in [0.15, 0.2) is 48.5 Å². The van der Waals surface area contributed by atoms with Crippen molar-refractivity contribution in [2.75, 3.05) is 18.6 Å². The van der Waals surface area contributed by atoms with E-state index in [-0.39, 0.29) is 0 Å². The molecule has 0 atom stereocenters. The standard InChI is InChI=1S/C19H24INO/c1-3-4-5-14-21(18-10-8-17(20)9-11-18)15-16-6-12-19(22-2)13-7-16/h6-13H,3-5,14-15H2,1-2H3. The van der Waals surface area contributed by atoms with Gasteiger partial charge in [-0.3, -0.25) is 0 Å². The molecule has 118 valence electrons. The van der Waals surface area contributed by atoms with Crippen LogP contribution in [0.2, 0.25) is 0 Å². The quantitative estimate of drug-likeness (QED) is 0.422. The smallest absolute Gasteiger partial charge is 0.118 e. The normalized spacial score (nSPS) is 10.5. The Morgan fingerprint density at radius 3 is 2.23 bits per heavy atom. The van der Waals surface area contributed by atoms with Crippen LogP contribution in [0, 0.1) is 3.57 Å². The monoisotopic (exact) mass is 409 g/mol. The van der Waals surface area contributed by atoms with Gasteiger partial charge in [0.1, 0.15) is 5.75 Å². The molecule has 0 radical (unpaired) electrons. The Balaban J connectivity index is 2.10. The van der Waals surface area contributed by atoms with Gasteiger partial charge >= 0.3 is 0 Å². The number of hydrogen-bond donors (Lipinski definition) is 0. The summed E-state index contributed by atoms with van der Waals surface area (Å²) in [5.41, 5.74) is 2.61. The first kappa shape index (κ1) is 17.1. The summed E-state index contributed by atoms with van der Waals surface area (Å²) in [6.07, 6.45) is 3.77. The third-order valence-electron chi connectivity index (χ3n) is 3.76. The van der Waals surface area contributed by atoms with Crippen LogP contribution < -0.4 is 9.64 Å². The molecule has 0 heterocycles. The second kappa shape index (κ2) is 9.03. The molecule has 0 aliphatic rings. The Morgan fingerprint density at radius 1 is 0.955 bits per heavy atom. The zero-order valence-electron chi connectivity index (χ0n) is 13.4. The van der Waals surface area contributed by atoms with Crippen molar-refractivity contribution in [1.82, 2.24) is 0 Å². The zero-order valence-corrected chi connectivity index (χ0v) is 15.5. The molecule has 2 aromatic carbocycles. The number of rotatable bonds is 8. The third-order valence-corrected chi connectivity index (χ3v) is 4.48. The van der Waals surface area contributed by atoms with E-state index in [2.05, 4.69) is 70.8 Å². The molecular weight excluding hydrogens is 385 g/mol. The molecule has 2 aromatic rings. The minimum atomic E-state index is 0.913. The molecule has 0 amide bonds. The molecule has 0 unspecified atom stereocenters. The van der Waals surface area contributed by atoms with Crippen molar-refractivity contribution in [3.63, 3.8) is 0 Å². The summed E-state index contributed by atoms with van der Waals surface area (Å²) in [6, 6.07) is 17.2. The number of hydrogen-bond acceptors (Lipinski definition) is 2. The van der Waals surface area contributed by atoms with E-state index in [1.54, 1.807) is 7.11 Å². The lowest BCUT2D eigenvalue weighted by molar-refractivity contribution is 0.414. The molecule has 0 aliphatic carbocycles. The lowest BCUT2D eigenvalue weighted by atomic mass is 10.1. The van der Waals surface area contributed by atoms with Gasteiger partial charge in [-0.1, -0.05) is 31.9 Å². The molecule has 0 spiro atoms. The van der Waals surface area contributed by atoms with E-state index in [0.29, 0.717) is 0 Å². The van der Waals surface area contributed by atoms with Gasteiger partial charge in [-0.25, -0.2) is 0 Å². The van der Waals surface area contributed by atoms with Gasteiger partial charge in [0.2, 0.25) is 0 Å². The van der Waals surface area contributed by atoms with E-state index in [9.17, 15) is 0 Å². The molecule has 22 heavy (non-hydrogen) atoms. The highest BCUT2D eigenvalue weighted by atomic mass is 127. The van der Waals surface area contributed by atoms with Gasteiger partial charge in [-0.2, -0.15) is 0 Å². The Morgan fingerprint density at radius 2 is 1.64 bits per heavy atom. The van der Waals surface area contributed by atoms with E-state index in [1.807, 2.05) is 12.1 Å². The number of methoxy groups -OCH3 is 1. The van der Waals surface area contributed by atoms with Crippen LogP contribution in [0.3, 0.4) is 0 Å². The summed E-state index contributed by atoms with van der Waals surface area (Å²) in [5.74, 6) is 0.913.